The standard InChI is InChI=1S/C19H23ClN6O2/c1-5-6-7-8-25-14-16(20)23-18(21)24-17(14)26(19(25)27)10-13-12(3)15(28-4)11(2)9-22-13/h6-7,9H,5,8,10H2,1-4H3,(H2,21,23,24)/b7-6+. The first-order valence-electron chi connectivity index (χ1n) is 8.95. The second-order valence-corrected chi connectivity index (χ2v) is 6.81. The molecule has 0 aliphatic rings. The number of hydrogen-bond donors (Lipinski definition) is 1. The van der Waals surface area contributed by atoms with Crippen LogP contribution in [0.4, 0.5) is 5.95 Å². The first-order chi connectivity index (χ1) is 13.4. The number of nitrogens with two attached hydrogens (primary N) is 1. The van der Waals surface area contributed by atoms with E-state index in [1.165, 1.54) is 4.57 Å². The van der Waals surface area contributed by atoms with Crippen LogP contribution in [0.25, 0.3) is 11.2 Å². The van der Waals surface area contributed by atoms with E-state index in [-0.39, 0.29) is 23.3 Å². The summed E-state index contributed by atoms with van der Waals surface area (Å²) >= 11 is 6.30. The van der Waals surface area contributed by atoms with Crippen LogP contribution in [0.15, 0.2) is 23.1 Å². The van der Waals surface area contributed by atoms with Crippen LogP contribution in [-0.2, 0) is 13.1 Å². The molecule has 0 atom stereocenters. The van der Waals surface area contributed by atoms with E-state index >= 15 is 0 Å². The van der Waals surface area contributed by atoms with Gasteiger partial charge in [-0.1, -0.05) is 30.7 Å². The molecular formula is C19H23ClN6O2. The van der Waals surface area contributed by atoms with Gasteiger partial charge < -0.3 is 10.5 Å². The smallest absolute Gasteiger partial charge is 0.331 e. The summed E-state index contributed by atoms with van der Waals surface area (Å²) in [6.07, 6.45) is 6.50. The molecule has 0 aliphatic heterocycles. The molecule has 0 spiro atoms. The minimum absolute atomic E-state index is 0.0127. The lowest BCUT2D eigenvalue weighted by Gasteiger charge is -2.12. The van der Waals surface area contributed by atoms with Crippen molar-refractivity contribution in [2.24, 2.45) is 0 Å². The number of allylic oxidation sites excluding steroid dienone is 2. The van der Waals surface area contributed by atoms with Crippen molar-refractivity contribution in [1.29, 1.82) is 0 Å². The molecule has 2 N–H and O–H groups in total. The summed E-state index contributed by atoms with van der Waals surface area (Å²) < 4.78 is 8.53. The van der Waals surface area contributed by atoms with E-state index < -0.39 is 0 Å². The van der Waals surface area contributed by atoms with Gasteiger partial charge in [-0.3, -0.25) is 14.1 Å². The molecule has 3 heterocycles. The fourth-order valence-electron chi connectivity index (χ4n) is 3.22. The van der Waals surface area contributed by atoms with Gasteiger partial charge in [0.25, 0.3) is 0 Å². The van der Waals surface area contributed by atoms with Crippen LogP contribution in [0.5, 0.6) is 5.75 Å². The number of rotatable bonds is 6. The van der Waals surface area contributed by atoms with Gasteiger partial charge in [0.2, 0.25) is 5.95 Å². The van der Waals surface area contributed by atoms with Crippen LogP contribution in [0.2, 0.25) is 5.15 Å². The van der Waals surface area contributed by atoms with Gasteiger partial charge in [-0.05, 0) is 20.3 Å². The van der Waals surface area contributed by atoms with E-state index in [9.17, 15) is 4.79 Å². The zero-order chi connectivity index (χ0) is 20.4. The Bertz CT molecular complexity index is 1120. The van der Waals surface area contributed by atoms with Crippen molar-refractivity contribution in [3.8, 4) is 5.75 Å². The Labute approximate surface area is 167 Å². The van der Waals surface area contributed by atoms with E-state index in [1.54, 1.807) is 17.9 Å². The van der Waals surface area contributed by atoms with Crippen molar-refractivity contribution in [1.82, 2.24) is 24.1 Å². The quantitative estimate of drug-likeness (QED) is 0.502. The highest BCUT2D eigenvalue weighted by atomic mass is 35.5. The van der Waals surface area contributed by atoms with Crippen molar-refractivity contribution >= 4 is 28.7 Å². The number of pyridine rings is 1. The molecular weight excluding hydrogens is 380 g/mol. The summed E-state index contributed by atoms with van der Waals surface area (Å²) in [7, 11) is 1.62. The van der Waals surface area contributed by atoms with E-state index in [4.69, 9.17) is 22.1 Å². The van der Waals surface area contributed by atoms with Gasteiger partial charge in [0.1, 0.15) is 11.3 Å². The fourth-order valence-corrected chi connectivity index (χ4v) is 3.50. The molecule has 0 aromatic carbocycles. The number of halogens is 1. The Balaban J connectivity index is 2.20. The number of nitrogen functional groups attached to an aromatic ring is 1. The average Bonchev–Trinajstić information content (AvgIpc) is 2.90. The summed E-state index contributed by atoms with van der Waals surface area (Å²) in [5, 5.41) is 0.148. The Morgan fingerprint density at radius 1 is 1.25 bits per heavy atom. The molecule has 148 valence electrons. The van der Waals surface area contributed by atoms with E-state index in [0.717, 1.165) is 23.3 Å². The lowest BCUT2D eigenvalue weighted by molar-refractivity contribution is 0.406. The molecule has 0 aliphatic carbocycles. The van der Waals surface area contributed by atoms with Crippen LogP contribution in [0, 0.1) is 13.8 Å². The van der Waals surface area contributed by atoms with E-state index in [0.29, 0.717) is 23.4 Å². The van der Waals surface area contributed by atoms with Crippen molar-refractivity contribution < 1.29 is 4.74 Å². The predicted octanol–water partition coefficient (Wildman–Crippen LogP) is 2.86. The van der Waals surface area contributed by atoms with Gasteiger partial charge in [-0.2, -0.15) is 9.97 Å². The van der Waals surface area contributed by atoms with E-state index in [1.807, 2.05) is 32.9 Å². The molecule has 0 unspecified atom stereocenters. The first kappa shape index (κ1) is 19.9. The maximum absolute atomic E-state index is 13.1. The maximum Gasteiger partial charge on any atom is 0.331 e. The number of hydrogen-bond acceptors (Lipinski definition) is 6. The lowest BCUT2D eigenvalue weighted by Crippen LogP contribution is -2.25. The summed E-state index contributed by atoms with van der Waals surface area (Å²) in [6.45, 7) is 6.45. The van der Waals surface area contributed by atoms with Crippen molar-refractivity contribution in [2.75, 3.05) is 12.8 Å². The molecule has 3 aromatic heterocycles. The first-order valence-corrected chi connectivity index (χ1v) is 9.32. The maximum atomic E-state index is 13.1. The molecule has 28 heavy (non-hydrogen) atoms. The normalized spacial score (nSPS) is 11.6. The van der Waals surface area contributed by atoms with Gasteiger partial charge in [-0.15, -0.1) is 0 Å². The van der Waals surface area contributed by atoms with Crippen molar-refractivity contribution in [2.45, 2.75) is 40.3 Å². The number of anilines is 1. The molecule has 0 amide bonds. The Kier molecular flexibility index (Phi) is 5.69. The zero-order valence-corrected chi connectivity index (χ0v) is 17.1. The molecule has 0 radical (unpaired) electrons. The average molecular weight is 403 g/mol. The van der Waals surface area contributed by atoms with Crippen LogP contribution in [-0.4, -0.2) is 31.2 Å². The monoisotopic (exact) mass is 402 g/mol. The second-order valence-electron chi connectivity index (χ2n) is 6.45. The molecule has 0 fully saturated rings. The fraction of sp³-hybridized carbons (Fsp3) is 0.368. The van der Waals surface area contributed by atoms with Crippen LogP contribution >= 0.6 is 11.6 Å². The third-order valence-corrected chi connectivity index (χ3v) is 4.84. The minimum Gasteiger partial charge on any atom is -0.496 e. The highest BCUT2D eigenvalue weighted by Crippen LogP contribution is 2.26. The molecule has 0 saturated heterocycles. The molecule has 9 heteroatoms. The third kappa shape index (κ3) is 3.47. The molecule has 8 nitrogen and oxygen atoms in total. The van der Waals surface area contributed by atoms with Gasteiger partial charge >= 0.3 is 5.69 Å². The molecule has 3 aromatic rings. The number of aryl methyl sites for hydroxylation is 1. The number of fused-ring (bicyclic) bond motifs is 1. The summed E-state index contributed by atoms with van der Waals surface area (Å²) in [6, 6.07) is 0. The van der Waals surface area contributed by atoms with Crippen molar-refractivity contribution in [3.05, 3.63) is 50.8 Å². The number of imidazole rings is 1. The third-order valence-electron chi connectivity index (χ3n) is 4.58. The Hall–Kier alpha value is -2.87. The number of ether oxygens (including phenoxy) is 1. The van der Waals surface area contributed by atoms with Crippen LogP contribution < -0.4 is 16.2 Å². The second kappa shape index (κ2) is 8.02. The number of aromatic nitrogens is 5. The van der Waals surface area contributed by atoms with Gasteiger partial charge in [0.15, 0.2) is 10.8 Å². The number of methoxy groups -OCH3 is 1. The Morgan fingerprint density at radius 2 is 2.00 bits per heavy atom. The molecule has 0 saturated carbocycles. The van der Waals surface area contributed by atoms with Crippen LogP contribution in [0.3, 0.4) is 0 Å². The van der Waals surface area contributed by atoms with E-state index in [2.05, 4.69) is 15.0 Å². The SMILES string of the molecule is CC/C=C/Cn1c(=O)n(Cc2ncc(C)c(OC)c2C)c2nc(N)nc(Cl)c21. The lowest BCUT2D eigenvalue weighted by atomic mass is 10.1. The summed E-state index contributed by atoms with van der Waals surface area (Å²) in [4.78, 5) is 25.9. The highest BCUT2D eigenvalue weighted by Gasteiger charge is 2.20. The summed E-state index contributed by atoms with van der Waals surface area (Å²) in [5.74, 6) is 0.763. The predicted molar refractivity (Wildman–Crippen MR) is 110 cm³/mol. The van der Waals surface area contributed by atoms with Gasteiger partial charge in [0, 0.05) is 23.9 Å². The Morgan fingerprint density at radius 3 is 2.68 bits per heavy atom. The largest absolute Gasteiger partial charge is 0.496 e. The van der Waals surface area contributed by atoms with Crippen molar-refractivity contribution in [3.63, 3.8) is 0 Å². The van der Waals surface area contributed by atoms with Gasteiger partial charge in [-0.25, -0.2) is 4.79 Å². The summed E-state index contributed by atoms with van der Waals surface area (Å²) in [5.41, 5.74) is 8.88. The van der Waals surface area contributed by atoms with Gasteiger partial charge in [0.05, 0.1) is 19.3 Å². The topological polar surface area (TPSA) is 101 Å². The zero-order valence-electron chi connectivity index (χ0n) is 16.4. The van der Waals surface area contributed by atoms with Crippen LogP contribution in [0.1, 0.15) is 30.2 Å². The molecule has 0 bridgehead atoms. The number of nitrogens with zero attached hydrogens (tertiary/aromatic N) is 5. The molecule has 3 rings (SSSR count). The highest BCUT2D eigenvalue weighted by molar-refractivity contribution is 6.33. The minimum atomic E-state index is -0.252.